The molecule has 172 valence electrons. The number of hydrogen-bond donors (Lipinski definition) is 0. The minimum atomic E-state index is -3.81. The lowest BCUT2D eigenvalue weighted by atomic mass is 10.1. The van der Waals surface area contributed by atoms with E-state index >= 15 is 0 Å². The lowest BCUT2D eigenvalue weighted by Crippen LogP contribution is -2.48. The number of hydrogen-bond acceptors (Lipinski definition) is 4. The van der Waals surface area contributed by atoms with Crippen molar-refractivity contribution in [1.82, 2.24) is 4.90 Å². The maximum absolute atomic E-state index is 13.5. The van der Waals surface area contributed by atoms with Crippen LogP contribution in [-0.4, -0.2) is 51.9 Å². The topological polar surface area (TPSA) is 60.9 Å². The second-order valence-electron chi connectivity index (χ2n) is 8.10. The Labute approximate surface area is 196 Å². The summed E-state index contributed by atoms with van der Waals surface area (Å²) < 4.78 is 28.4. The Bertz CT molecular complexity index is 1210. The van der Waals surface area contributed by atoms with Crippen LogP contribution in [0.15, 0.2) is 83.8 Å². The van der Waals surface area contributed by atoms with Gasteiger partial charge in [-0.3, -0.25) is 9.10 Å². The van der Waals surface area contributed by atoms with Gasteiger partial charge < -0.3 is 9.80 Å². The Kier molecular flexibility index (Phi) is 6.70. The van der Waals surface area contributed by atoms with Crippen molar-refractivity contribution in [2.45, 2.75) is 18.7 Å². The molecule has 7 heteroatoms. The van der Waals surface area contributed by atoms with E-state index in [9.17, 15) is 13.2 Å². The number of sulfonamides is 1. The van der Waals surface area contributed by atoms with Crippen molar-refractivity contribution in [2.24, 2.45) is 0 Å². The highest BCUT2D eigenvalue weighted by Gasteiger charge is 2.28. The van der Waals surface area contributed by atoms with Crippen molar-refractivity contribution in [3.8, 4) is 0 Å². The lowest BCUT2D eigenvalue weighted by molar-refractivity contribution is 0.0746. The van der Waals surface area contributed by atoms with Gasteiger partial charge in [-0.05, 0) is 55.8 Å². The van der Waals surface area contributed by atoms with E-state index in [1.165, 1.54) is 10.4 Å². The molecule has 1 fully saturated rings. The molecule has 0 spiro atoms. The van der Waals surface area contributed by atoms with E-state index in [1.54, 1.807) is 43.0 Å². The first-order valence-corrected chi connectivity index (χ1v) is 12.6. The average molecular weight is 464 g/mol. The van der Waals surface area contributed by atoms with E-state index < -0.39 is 10.0 Å². The fourth-order valence-electron chi connectivity index (χ4n) is 4.20. The maximum Gasteiger partial charge on any atom is 0.264 e. The van der Waals surface area contributed by atoms with Crippen LogP contribution in [0.4, 0.5) is 11.4 Å². The summed E-state index contributed by atoms with van der Waals surface area (Å²) in [4.78, 5) is 17.5. The highest BCUT2D eigenvalue weighted by Crippen LogP contribution is 2.27. The number of carbonyl (C=O) groups is 1. The molecule has 0 radical (unpaired) electrons. The number of carbonyl (C=O) groups excluding carboxylic acids is 1. The van der Waals surface area contributed by atoms with Crippen molar-refractivity contribution in [1.29, 1.82) is 0 Å². The monoisotopic (exact) mass is 463 g/mol. The predicted octanol–water partition coefficient (Wildman–Crippen LogP) is 4.17. The third-order valence-corrected chi connectivity index (χ3v) is 8.07. The fraction of sp³-hybridized carbons (Fsp3) is 0.269. The minimum absolute atomic E-state index is 0.137. The first-order valence-electron chi connectivity index (χ1n) is 11.2. The van der Waals surface area contributed by atoms with Gasteiger partial charge in [-0.2, -0.15) is 0 Å². The van der Waals surface area contributed by atoms with Gasteiger partial charge in [-0.25, -0.2) is 8.42 Å². The van der Waals surface area contributed by atoms with Crippen LogP contribution >= 0.6 is 0 Å². The number of rotatable bonds is 6. The Morgan fingerprint density at radius 2 is 1.48 bits per heavy atom. The molecule has 0 saturated carbocycles. The van der Waals surface area contributed by atoms with Crippen molar-refractivity contribution >= 4 is 27.3 Å². The van der Waals surface area contributed by atoms with Crippen molar-refractivity contribution in [3.05, 3.63) is 90.0 Å². The van der Waals surface area contributed by atoms with Gasteiger partial charge in [0.05, 0.1) is 10.6 Å². The molecule has 0 aliphatic carbocycles. The second-order valence-corrected chi connectivity index (χ2v) is 9.93. The summed E-state index contributed by atoms with van der Waals surface area (Å²) in [5.74, 6) is -0.137. The second kappa shape index (κ2) is 9.67. The van der Waals surface area contributed by atoms with Crippen molar-refractivity contribution in [2.75, 3.05) is 41.9 Å². The van der Waals surface area contributed by atoms with E-state index in [1.807, 2.05) is 36.4 Å². The zero-order chi connectivity index (χ0) is 23.4. The average Bonchev–Trinajstić information content (AvgIpc) is 2.85. The molecule has 1 aliphatic heterocycles. The van der Waals surface area contributed by atoms with Crippen LogP contribution in [-0.2, 0) is 10.0 Å². The van der Waals surface area contributed by atoms with Gasteiger partial charge in [0, 0.05) is 44.0 Å². The van der Waals surface area contributed by atoms with Crippen LogP contribution in [0.25, 0.3) is 0 Å². The largest absolute Gasteiger partial charge is 0.368 e. The summed E-state index contributed by atoms with van der Waals surface area (Å²) in [5, 5.41) is 0. The zero-order valence-electron chi connectivity index (χ0n) is 19.0. The zero-order valence-corrected chi connectivity index (χ0v) is 19.8. The van der Waals surface area contributed by atoms with Crippen molar-refractivity contribution < 1.29 is 13.2 Å². The first-order chi connectivity index (χ1) is 15.9. The van der Waals surface area contributed by atoms with Crippen LogP contribution in [0, 0.1) is 6.92 Å². The molecule has 3 aromatic rings. The number of piperazine rings is 1. The number of aryl methyl sites for hydroxylation is 1. The predicted molar refractivity (Wildman–Crippen MR) is 132 cm³/mol. The summed E-state index contributed by atoms with van der Waals surface area (Å²) in [6.07, 6.45) is 0. The number of anilines is 2. The summed E-state index contributed by atoms with van der Waals surface area (Å²) in [7, 11) is -3.81. The highest BCUT2D eigenvalue weighted by molar-refractivity contribution is 7.92. The molecule has 33 heavy (non-hydrogen) atoms. The Morgan fingerprint density at radius 3 is 2.09 bits per heavy atom. The summed E-state index contributed by atoms with van der Waals surface area (Å²) in [6.45, 7) is 6.53. The van der Waals surface area contributed by atoms with Crippen LogP contribution in [0.1, 0.15) is 22.8 Å². The first kappa shape index (κ1) is 22.9. The number of para-hydroxylation sites is 2. The van der Waals surface area contributed by atoms with Gasteiger partial charge >= 0.3 is 0 Å². The van der Waals surface area contributed by atoms with E-state index in [0.717, 1.165) is 18.8 Å². The van der Waals surface area contributed by atoms with Crippen LogP contribution in [0.5, 0.6) is 0 Å². The maximum atomic E-state index is 13.5. The van der Waals surface area contributed by atoms with Gasteiger partial charge in [0.2, 0.25) is 0 Å². The standard InChI is InChI=1S/C26H29N3O3S/c1-3-29(24-12-8-5-9-13-24)33(31,32)25-20-22(15-14-21(25)2)26(30)28-18-16-27(17-19-28)23-10-6-4-7-11-23/h4-15,20H,3,16-19H2,1-2H3. The molecule has 0 bridgehead atoms. The number of amides is 1. The summed E-state index contributed by atoms with van der Waals surface area (Å²) >= 11 is 0. The van der Waals surface area contributed by atoms with Gasteiger partial charge in [-0.1, -0.05) is 42.5 Å². The molecule has 3 aromatic carbocycles. The molecule has 6 nitrogen and oxygen atoms in total. The van der Waals surface area contributed by atoms with E-state index in [2.05, 4.69) is 17.0 Å². The lowest BCUT2D eigenvalue weighted by Gasteiger charge is -2.36. The van der Waals surface area contributed by atoms with Crippen LogP contribution in [0.3, 0.4) is 0 Å². The van der Waals surface area contributed by atoms with Gasteiger partial charge in [0.25, 0.3) is 15.9 Å². The molecule has 1 heterocycles. The number of benzene rings is 3. The normalized spacial score (nSPS) is 14.2. The molecule has 0 atom stereocenters. The number of nitrogens with zero attached hydrogens (tertiary/aromatic N) is 3. The third-order valence-electron chi connectivity index (χ3n) is 6.02. The molecule has 1 aliphatic rings. The van der Waals surface area contributed by atoms with Gasteiger partial charge in [-0.15, -0.1) is 0 Å². The van der Waals surface area contributed by atoms with E-state index in [-0.39, 0.29) is 10.8 Å². The third kappa shape index (κ3) is 4.73. The highest BCUT2D eigenvalue weighted by atomic mass is 32.2. The summed E-state index contributed by atoms with van der Waals surface area (Å²) in [6, 6.07) is 24.2. The molecular weight excluding hydrogens is 434 g/mol. The van der Waals surface area contributed by atoms with Crippen LogP contribution in [0.2, 0.25) is 0 Å². The molecule has 0 aromatic heterocycles. The Hall–Kier alpha value is -3.32. The molecular formula is C26H29N3O3S. The van der Waals surface area contributed by atoms with E-state index in [0.29, 0.717) is 36.4 Å². The van der Waals surface area contributed by atoms with Gasteiger partial charge in [0.15, 0.2) is 0 Å². The molecule has 1 saturated heterocycles. The Balaban J connectivity index is 1.55. The molecule has 4 rings (SSSR count). The molecule has 0 N–H and O–H groups in total. The smallest absolute Gasteiger partial charge is 0.264 e. The SMILES string of the molecule is CCN(c1ccccc1)S(=O)(=O)c1cc(C(=O)N2CCN(c3ccccc3)CC2)ccc1C. The quantitative estimate of drug-likeness (QED) is 0.550. The molecule has 1 amide bonds. The van der Waals surface area contributed by atoms with Crippen molar-refractivity contribution in [3.63, 3.8) is 0 Å². The molecule has 0 unspecified atom stereocenters. The van der Waals surface area contributed by atoms with Gasteiger partial charge in [0.1, 0.15) is 0 Å². The summed E-state index contributed by atoms with van der Waals surface area (Å²) in [5.41, 5.74) is 2.77. The Morgan fingerprint density at radius 1 is 0.879 bits per heavy atom. The van der Waals surface area contributed by atoms with Crippen LogP contribution < -0.4 is 9.21 Å². The minimum Gasteiger partial charge on any atom is -0.368 e. The van der Waals surface area contributed by atoms with E-state index in [4.69, 9.17) is 0 Å². The fourth-order valence-corrected chi connectivity index (χ4v) is 5.93.